The van der Waals surface area contributed by atoms with Gasteiger partial charge in [0, 0.05) is 31.7 Å². The van der Waals surface area contributed by atoms with Crippen LogP contribution in [0, 0.1) is 12.4 Å². The molecule has 0 amide bonds. The van der Waals surface area contributed by atoms with E-state index >= 15 is 0 Å². The third-order valence-electron chi connectivity index (χ3n) is 6.31. The van der Waals surface area contributed by atoms with Crippen molar-refractivity contribution in [3.05, 3.63) is 100 Å². The monoisotopic (exact) mass is 479 g/mol. The number of hydrogen-bond acceptors (Lipinski definition) is 4. The SMILES string of the molecule is [C-]#[N+]c1ccc([C@@H](C)N2CCN(c3ccc(OCCO)cc3Cl)[C@H](c3ccc(F)cc3)C2)cc1. The number of halogens is 2. The van der Waals surface area contributed by atoms with Gasteiger partial charge in [-0.2, -0.15) is 0 Å². The van der Waals surface area contributed by atoms with Crippen LogP contribution >= 0.6 is 11.6 Å². The molecule has 0 bridgehead atoms. The molecule has 4 rings (SSSR count). The summed E-state index contributed by atoms with van der Waals surface area (Å²) in [5.74, 6) is 0.343. The molecule has 1 N–H and O–H groups in total. The molecular weight excluding hydrogens is 453 g/mol. The van der Waals surface area contributed by atoms with Gasteiger partial charge in [0.25, 0.3) is 0 Å². The molecule has 0 unspecified atom stereocenters. The van der Waals surface area contributed by atoms with Gasteiger partial charge < -0.3 is 14.7 Å². The van der Waals surface area contributed by atoms with Gasteiger partial charge in [0.15, 0.2) is 5.69 Å². The summed E-state index contributed by atoms with van der Waals surface area (Å²) in [6, 6.07) is 20.1. The third-order valence-corrected chi connectivity index (χ3v) is 6.61. The van der Waals surface area contributed by atoms with E-state index < -0.39 is 0 Å². The lowest BCUT2D eigenvalue weighted by Gasteiger charge is -2.45. The summed E-state index contributed by atoms with van der Waals surface area (Å²) >= 11 is 6.66. The number of benzene rings is 3. The lowest BCUT2D eigenvalue weighted by molar-refractivity contribution is 0.171. The number of rotatable bonds is 7. The Kier molecular flexibility index (Phi) is 7.69. The summed E-state index contributed by atoms with van der Waals surface area (Å²) < 4.78 is 19.2. The molecule has 1 saturated heterocycles. The number of piperazine rings is 1. The Morgan fingerprint density at radius 2 is 1.85 bits per heavy atom. The van der Waals surface area contributed by atoms with Gasteiger partial charge in [-0.3, -0.25) is 4.90 Å². The van der Waals surface area contributed by atoms with Crippen molar-refractivity contribution in [2.24, 2.45) is 0 Å². The first-order chi connectivity index (χ1) is 16.5. The highest BCUT2D eigenvalue weighted by Crippen LogP contribution is 2.39. The van der Waals surface area contributed by atoms with Crippen molar-refractivity contribution in [3.8, 4) is 5.75 Å². The van der Waals surface area contributed by atoms with Crippen LogP contribution in [0.2, 0.25) is 5.02 Å². The first-order valence-corrected chi connectivity index (χ1v) is 11.6. The van der Waals surface area contributed by atoms with E-state index in [1.807, 2.05) is 48.5 Å². The number of nitrogens with zero attached hydrogens (tertiary/aromatic N) is 3. The van der Waals surface area contributed by atoms with Crippen molar-refractivity contribution in [2.45, 2.75) is 19.0 Å². The summed E-state index contributed by atoms with van der Waals surface area (Å²) in [7, 11) is 0. The number of anilines is 1. The number of aliphatic hydroxyl groups excluding tert-OH is 1. The molecule has 2 atom stereocenters. The zero-order valence-corrected chi connectivity index (χ0v) is 19.8. The van der Waals surface area contributed by atoms with Crippen molar-refractivity contribution >= 4 is 23.0 Å². The van der Waals surface area contributed by atoms with Gasteiger partial charge in [0.05, 0.1) is 29.9 Å². The fourth-order valence-electron chi connectivity index (χ4n) is 4.43. The maximum atomic E-state index is 13.7. The van der Waals surface area contributed by atoms with E-state index in [9.17, 15) is 4.39 Å². The van der Waals surface area contributed by atoms with E-state index in [2.05, 4.69) is 21.6 Å². The second-order valence-electron chi connectivity index (χ2n) is 8.32. The Hall–Kier alpha value is -3.11. The van der Waals surface area contributed by atoms with Gasteiger partial charge in [-0.1, -0.05) is 48.0 Å². The first-order valence-electron chi connectivity index (χ1n) is 11.3. The summed E-state index contributed by atoms with van der Waals surface area (Å²) in [5, 5.41) is 9.57. The standard InChI is InChI=1S/C27H27ClFN3O2/c1-19(20-5-9-23(30-2)10-6-20)31-13-14-32(27(18-31)21-3-7-22(29)8-4-21)26-12-11-24(17-25(26)28)34-16-15-33/h3-12,17,19,27,33H,13-16,18H2,1H3/t19-,27+/m1/s1. The van der Waals surface area contributed by atoms with Crippen molar-refractivity contribution in [1.29, 1.82) is 0 Å². The Balaban J connectivity index is 1.61. The molecule has 0 saturated carbocycles. The Morgan fingerprint density at radius 3 is 2.50 bits per heavy atom. The van der Waals surface area contributed by atoms with Gasteiger partial charge in [0.2, 0.25) is 0 Å². The molecular formula is C27H27ClFN3O2. The quantitative estimate of drug-likeness (QED) is 0.420. The molecule has 0 aliphatic carbocycles. The van der Waals surface area contributed by atoms with Crippen LogP contribution in [0.3, 0.4) is 0 Å². The lowest BCUT2D eigenvalue weighted by Crippen LogP contribution is -2.49. The summed E-state index contributed by atoms with van der Waals surface area (Å²) in [5.41, 5.74) is 3.69. The third kappa shape index (κ3) is 5.34. The molecule has 1 heterocycles. The molecule has 0 spiro atoms. The number of aliphatic hydroxyl groups is 1. The fourth-order valence-corrected chi connectivity index (χ4v) is 4.71. The molecule has 0 aromatic heterocycles. The van der Waals surface area contributed by atoms with E-state index in [0.29, 0.717) is 16.5 Å². The zero-order chi connectivity index (χ0) is 24.1. The second kappa shape index (κ2) is 10.9. The predicted octanol–water partition coefficient (Wildman–Crippen LogP) is 6.03. The summed E-state index contributed by atoms with van der Waals surface area (Å²) in [6.45, 7) is 11.8. The van der Waals surface area contributed by atoms with Crippen LogP contribution in [0.5, 0.6) is 5.75 Å². The molecule has 1 aliphatic heterocycles. The van der Waals surface area contributed by atoms with E-state index in [0.717, 1.165) is 36.4 Å². The minimum Gasteiger partial charge on any atom is -0.491 e. The van der Waals surface area contributed by atoms with Gasteiger partial charge >= 0.3 is 0 Å². The average Bonchev–Trinajstić information content (AvgIpc) is 2.87. The van der Waals surface area contributed by atoms with Gasteiger partial charge in [-0.05, 0) is 42.3 Å². The van der Waals surface area contributed by atoms with Crippen molar-refractivity contribution in [3.63, 3.8) is 0 Å². The molecule has 3 aromatic rings. The number of ether oxygens (including phenoxy) is 1. The Bertz CT molecular complexity index is 1150. The van der Waals surface area contributed by atoms with Crippen molar-refractivity contribution < 1.29 is 14.2 Å². The average molecular weight is 480 g/mol. The maximum Gasteiger partial charge on any atom is 0.187 e. The van der Waals surface area contributed by atoms with E-state index in [-0.39, 0.29) is 31.1 Å². The summed E-state index contributed by atoms with van der Waals surface area (Å²) in [6.07, 6.45) is 0. The van der Waals surface area contributed by atoms with Crippen molar-refractivity contribution in [1.82, 2.24) is 4.90 Å². The lowest BCUT2D eigenvalue weighted by atomic mass is 9.98. The van der Waals surface area contributed by atoms with E-state index in [1.54, 1.807) is 6.07 Å². The van der Waals surface area contributed by atoms with Crippen LogP contribution in [0.4, 0.5) is 15.8 Å². The van der Waals surface area contributed by atoms with Crippen LogP contribution in [0.1, 0.15) is 30.1 Å². The topological polar surface area (TPSA) is 40.3 Å². The van der Waals surface area contributed by atoms with Crippen LogP contribution in [-0.4, -0.2) is 42.9 Å². The number of hydrogen-bond donors (Lipinski definition) is 1. The van der Waals surface area contributed by atoms with Gasteiger partial charge in [-0.15, -0.1) is 0 Å². The van der Waals surface area contributed by atoms with Crippen LogP contribution in [0.15, 0.2) is 66.7 Å². The predicted molar refractivity (Wildman–Crippen MR) is 133 cm³/mol. The highest BCUT2D eigenvalue weighted by Gasteiger charge is 2.32. The first kappa shape index (κ1) is 24.0. The molecule has 7 heteroatoms. The Morgan fingerprint density at radius 1 is 1.12 bits per heavy atom. The maximum absolute atomic E-state index is 13.7. The van der Waals surface area contributed by atoms with E-state index in [4.69, 9.17) is 28.0 Å². The van der Waals surface area contributed by atoms with Gasteiger partial charge in [0.1, 0.15) is 18.2 Å². The van der Waals surface area contributed by atoms with E-state index in [1.165, 1.54) is 12.1 Å². The molecule has 5 nitrogen and oxygen atoms in total. The smallest absolute Gasteiger partial charge is 0.187 e. The van der Waals surface area contributed by atoms with Crippen molar-refractivity contribution in [2.75, 3.05) is 37.7 Å². The van der Waals surface area contributed by atoms with Crippen LogP contribution < -0.4 is 9.64 Å². The molecule has 1 aliphatic rings. The zero-order valence-electron chi connectivity index (χ0n) is 19.0. The fraction of sp³-hybridized carbons (Fsp3) is 0.296. The molecule has 3 aromatic carbocycles. The highest BCUT2D eigenvalue weighted by molar-refractivity contribution is 6.33. The molecule has 34 heavy (non-hydrogen) atoms. The Labute approximate surface area is 204 Å². The minimum atomic E-state index is -0.264. The summed E-state index contributed by atoms with van der Waals surface area (Å²) in [4.78, 5) is 8.15. The second-order valence-corrected chi connectivity index (χ2v) is 8.73. The normalized spacial score (nSPS) is 17.3. The minimum absolute atomic E-state index is 0.0268. The largest absolute Gasteiger partial charge is 0.491 e. The van der Waals surface area contributed by atoms with Gasteiger partial charge in [-0.25, -0.2) is 9.24 Å². The highest BCUT2D eigenvalue weighted by atomic mass is 35.5. The molecule has 0 radical (unpaired) electrons. The molecule has 176 valence electrons. The molecule has 1 fully saturated rings. The van der Waals surface area contributed by atoms with Crippen LogP contribution in [-0.2, 0) is 0 Å². The van der Waals surface area contributed by atoms with Crippen LogP contribution in [0.25, 0.3) is 4.85 Å².